The van der Waals surface area contributed by atoms with E-state index < -0.39 is 5.97 Å². The topological polar surface area (TPSA) is 40.5 Å². The Kier molecular flexibility index (Phi) is 6.03. The third-order valence-corrected chi connectivity index (χ3v) is 3.58. The summed E-state index contributed by atoms with van der Waals surface area (Å²) in [6.45, 7) is 9.29. The summed E-state index contributed by atoms with van der Waals surface area (Å²) in [5.41, 5.74) is 2.49. The maximum atomic E-state index is 10.9. The van der Waals surface area contributed by atoms with Gasteiger partial charge in [0.05, 0.1) is 6.54 Å². The number of hydrogen-bond donors (Lipinski definition) is 1. The number of benzene rings is 1. The van der Waals surface area contributed by atoms with Gasteiger partial charge in [0.2, 0.25) is 0 Å². The minimum atomic E-state index is -0.765. The molecule has 0 heterocycles. The van der Waals surface area contributed by atoms with Crippen LogP contribution >= 0.6 is 0 Å². The Morgan fingerprint density at radius 1 is 1.21 bits per heavy atom. The SMILES string of the molecule is CCC(C)N(CC(=O)O)Cc1ccc(C(C)C)cc1. The zero-order valence-electron chi connectivity index (χ0n) is 12.4. The van der Waals surface area contributed by atoms with Crippen LogP contribution in [0.2, 0.25) is 0 Å². The maximum Gasteiger partial charge on any atom is 0.317 e. The molecule has 1 aromatic carbocycles. The van der Waals surface area contributed by atoms with Crippen molar-refractivity contribution in [2.75, 3.05) is 6.54 Å². The third-order valence-electron chi connectivity index (χ3n) is 3.58. The largest absolute Gasteiger partial charge is 0.480 e. The fraction of sp³-hybridized carbons (Fsp3) is 0.562. The molecule has 0 aliphatic carbocycles. The number of carboxylic acid groups (broad SMARTS) is 1. The van der Waals surface area contributed by atoms with Gasteiger partial charge in [0.15, 0.2) is 0 Å². The molecule has 0 fully saturated rings. The summed E-state index contributed by atoms with van der Waals surface area (Å²) in [5, 5.41) is 8.98. The van der Waals surface area contributed by atoms with Gasteiger partial charge in [-0.3, -0.25) is 9.69 Å². The fourth-order valence-corrected chi connectivity index (χ4v) is 2.04. The minimum Gasteiger partial charge on any atom is -0.480 e. The van der Waals surface area contributed by atoms with Crippen LogP contribution in [0.5, 0.6) is 0 Å². The highest BCUT2D eigenvalue weighted by atomic mass is 16.4. The second kappa shape index (κ2) is 7.29. The first kappa shape index (κ1) is 15.7. The van der Waals surface area contributed by atoms with Crippen LogP contribution < -0.4 is 0 Å². The van der Waals surface area contributed by atoms with Crippen molar-refractivity contribution in [3.8, 4) is 0 Å². The number of hydrogen-bond acceptors (Lipinski definition) is 2. The van der Waals surface area contributed by atoms with Gasteiger partial charge in [0.1, 0.15) is 0 Å². The summed E-state index contributed by atoms with van der Waals surface area (Å²) in [6, 6.07) is 8.76. The normalized spacial score (nSPS) is 12.9. The molecule has 1 aromatic rings. The van der Waals surface area contributed by atoms with Crippen molar-refractivity contribution in [2.45, 2.75) is 52.6 Å². The third kappa shape index (κ3) is 5.03. The lowest BCUT2D eigenvalue weighted by Crippen LogP contribution is -2.36. The Balaban J connectivity index is 2.75. The van der Waals surface area contributed by atoms with Crippen molar-refractivity contribution >= 4 is 5.97 Å². The van der Waals surface area contributed by atoms with Crippen molar-refractivity contribution in [2.24, 2.45) is 0 Å². The van der Waals surface area contributed by atoms with Gasteiger partial charge < -0.3 is 5.11 Å². The van der Waals surface area contributed by atoms with Crippen LogP contribution in [0.1, 0.15) is 51.2 Å². The molecule has 1 rings (SSSR count). The van der Waals surface area contributed by atoms with Crippen LogP contribution in [-0.4, -0.2) is 28.6 Å². The van der Waals surface area contributed by atoms with E-state index in [0.717, 1.165) is 6.42 Å². The van der Waals surface area contributed by atoms with Crippen LogP contribution in [-0.2, 0) is 11.3 Å². The molecule has 0 aliphatic rings. The van der Waals surface area contributed by atoms with E-state index in [4.69, 9.17) is 5.11 Å². The number of rotatable bonds is 7. The van der Waals surface area contributed by atoms with Gasteiger partial charge >= 0.3 is 5.97 Å². The highest BCUT2D eigenvalue weighted by Crippen LogP contribution is 2.16. The van der Waals surface area contributed by atoms with E-state index in [9.17, 15) is 4.79 Å². The summed E-state index contributed by atoms with van der Waals surface area (Å²) >= 11 is 0. The first-order valence-electron chi connectivity index (χ1n) is 6.98. The molecule has 19 heavy (non-hydrogen) atoms. The predicted octanol–water partition coefficient (Wildman–Crippen LogP) is 3.50. The van der Waals surface area contributed by atoms with Crippen LogP contribution in [0, 0.1) is 0 Å². The molecule has 1 N–H and O–H groups in total. The minimum absolute atomic E-state index is 0.0982. The van der Waals surface area contributed by atoms with Crippen LogP contribution in [0.15, 0.2) is 24.3 Å². The smallest absolute Gasteiger partial charge is 0.317 e. The average Bonchev–Trinajstić information content (AvgIpc) is 2.37. The lowest BCUT2D eigenvalue weighted by molar-refractivity contribution is -0.139. The standard InChI is InChI=1S/C16H25NO2/c1-5-13(4)17(11-16(18)19)10-14-6-8-15(9-7-14)12(2)3/h6-9,12-13H,5,10-11H2,1-4H3,(H,18,19). The number of aliphatic carboxylic acids is 1. The first-order valence-corrected chi connectivity index (χ1v) is 6.98. The number of carbonyl (C=O) groups is 1. The molecule has 0 aliphatic heterocycles. The Morgan fingerprint density at radius 3 is 2.21 bits per heavy atom. The summed E-state index contributed by atoms with van der Waals surface area (Å²) in [5.74, 6) is -0.238. The van der Waals surface area contributed by atoms with Crippen LogP contribution in [0.3, 0.4) is 0 Å². The zero-order chi connectivity index (χ0) is 14.4. The van der Waals surface area contributed by atoms with E-state index in [-0.39, 0.29) is 12.6 Å². The van der Waals surface area contributed by atoms with Gasteiger partial charge in [0, 0.05) is 12.6 Å². The highest BCUT2D eigenvalue weighted by molar-refractivity contribution is 5.69. The Labute approximate surface area is 116 Å². The molecule has 3 nitrogen and oxygen atoms in total. The molecule has 0 bridgehead atoms. The molecular weight excluding hydrogens is 238 g/mol. The van der Waals surface area contributed by atoms with Gasteiger partial charge in [0.25, 0.3) is 0 Å². The van der Waals surface area contributed by atoms with Crippen LogP contribution in [0.25, 0.3) is 0 Å². The molecule has 3 heteroatoms. The van der Waals surface area contributed by atoms with Crippen LogP contribution in [0.4, 0.5) is 0 Å². The van der Waals surface area contributed by atoms with E-state index in [1.807, 2.05) is 4.90 Å². The van der Waals surface area contributed by atoms with Crippen molar-refractivity contribution in [1.29, 1.82) is 0 Å². The van der Waals surface area contributed by atoms with E-state index in [2.05, 4.69) is 52.0 Å². The monoisotopic (exact) mass is 263 g/mol. The molecule has 0 saturated heterocycles. The fourth-order valence-electron chi connectivity index (χ4n) is 2.04. The molecule has 0 aromatic heterocycles. The summed E-state index contributed by atoms with van der Waals surface area (Å²) in [6.07, 6.45) is 0.956. The Bertz CT molecular complexity index is 398. The maximum absolute atomic E-state index is 10.9. The quantitative estimate of drug-likeness (QED) is 0.818. The van der Waals surface area contributed by atoms with Gasteiger partial charge in [-0.2, -0.15) is 0 Å². The van der Waals surface area contributed by atoms with E-state index in [1.54, 1.807) is 0 Å². The molecule has 0 radical (unpaired) electrons. The number of nitrogens with zero attached hydrogens (tertiary/aromatic N) is 1. The van der Waals surface area contributed by atoms with Gasteiger partial charge in [-0.25, -0.2) is 0 Å². The van der Waals surface area contributed by atoms with Gasteiger partial charge in [-0.15, -0.1) is 0 Å². The summed E-state index contributed by atoms with van der Waals surface area (Å²) < 4.78 is 0. The molecule has 0 spiro atoms. The van der Waals surface area contributed by atoms with E-state index in [1.165, 1.54) is 11.1 Å². The second-order valence-corrected chi connectivity index (χ2v) is 5.45. The lowest BCUT2D eigenvalue weighted by atomic mass is 10.0. The van der Waals surface area contributed by atoms with Gasteiger partial charge in [-0.05, 0) is 30.4 Å². The van der Waals surface area contributed by atoms with Crippen molar-refractivity contribution in [3.63, 3.8) is 0 Å². The Morgan fingerprint density at radius 2 is 1.79 bits per heavy atom. The zero-order valence-corrected chi connectivity index (χ0v) is 12.4. The van der Waals surface area contributed by atoms with Crippen molar-refractivity contribution in [1.82, 2.24) is 4.90 Å². The van der Waals surface area contributed by atoms with Gasteiger partial charge in [-0.1, -0.05) is 45.0 Å². The predicted molar refractivity (Wildman–Crippen MR) is 78.3 cm³/mol. The van der Waals surface area contributed by atoms with E-state index >= 15 is 0 Å². The highest BCUT2D eigenvalue weighted by Gasteiger charge is 2.15. The molecular formula is C16H25NO2. The first-order chi connectivity index (χ1) is 8.93. The number of carboxylic acids is 1. The van der Waals surface area contributed by atoms with E-state index in [0.29, 0.717) is 12.5 Å². The summed E-state index contributed by atoms with van der Waals surface area (Å²) in [4.78, 5) is 12.9. The molecule has 0 amide bonds. The molecule has 1 unspecified atom stereocenters. The molecule has 1 atom stereocenters. The molecule has 106 valence electrons. The second-order valence-electron chi connectivity index (χ2n) is 5.45. The lowest BCUT2D eigenvalue weighted by Gasteiger charge is -2.26. The summed E-state index contributed by atoms with van der Waals surface area (Å²) in [7, 11) is 0. The average molecular weight is 263 g/mol. The Hall–Kier alpha value is -1.35. The van der Waals surface area contributed by atoms with Crippen molar-refractivity contribution in [3.05, 3.63) is 35.4 Å². The molecule has 0 saturated carbocycles. The van der Waals surface area contributed by atoms with Crippen molar-refractivity contribution < 1.29 is 9.90 Å².